The zero-order valence-electron chi connectivity index (χ0n) is 17.5. The number of rotatable bonds is 4. The molecule has 32 heavy (non-hydrogen) atoms. The number of anilines is 2. The van der Waals surface area contributed by atoms with Crippen LogP contribution in [0.2, 0.25) is 0 Å². The van der Waals surface area contributed by atoms with Crippen LogP contribution in [0.15, 0.2) is 43.0 Å². The van der Waals surface area contributed by atoms with E-state index in [0.29, 0.717) is 75.9 Å². The number of carbonyl (C=O) groups is 1. The molecule has 3 aromatic rings. The van der Waals surface area contributed by atoms with E-state index in [9.17, 15) is 9.18 Å². The molecule has 10 nitrogen and oxygen atoms in total. The predicted molar refractivity (Wildman–Crippen MR) is 114 cm³/mol. The van der Waals surface area contributed by atoms with Crippen molar-refractivity contribution in [1.82, 2.24) is 29.4 Å². The summed E-state index contributed by atoms with van der Waals surface area (Å²) in [5.41, 5.74) is 0.357. The highest BCUT2D eigenvalue weighted by Crippen LogP contribution is 2.19. The molecule has 2 fully saturated rings. The van der Waals surface area contributed by atoms with E-state index in [1.165, 1.54) is 12.1 Å². The number of benzene rings is 1. The van der Waals surface area contributed by atoms with Crippen molar-refractivity contribution < 1.29 is 13.9 Å². The summed E-state index contributed by atoms with van der Waals surface area (Å²) < 4.78 is 20.7. The minimum absolute atomic E-state index is 0.173. The maximum atomic E-state index is 13.5. The van der Waals surface area contributed by atoms with E-state index in [1.807, 2.05) is 4.90 Å². The minimum atomic E-state index is -0.414. The molecule has 2 aliphatic rings. The van der Waals surface area contributed by atoms with Crippen LogP contribution in [-0.4, -0.2) is 87.8 Å². The second-order valence-corrected chi connectivity index (χ2v) is 7.59. The minimum Gasteiger partial charge on any atom is -0.378 e. The lowest BCUT2D eigenvalue weighted by Gasteiger charge is -2.35. The van der Waals surface area contributed by atoms with Crippen molar-refractivity contribution in [2.24, 2.45) is 0 Å². The number of aromatic nitrogens is 5. The Morgan fingerprint density at radius 2 is 1.59 bits per heavy atom. The van der Waals surface area contributed by atoms with Crippen LogP contribution in [0.3, 0.4) is 0 Å². The SMILES string of the molecule is O=C(c1cccc(F)c1)N1CCN(c2nc(N3CCOCC3)nc(-n3ccnc3)n2)CC1. The molecule has 2 aliphatic heterocycles. The first-order valence-corrected chi connectivity index (χ1v) is 10.5. The Labute approximate surface area is 184 Å². The third-order valence-corrected chi connectivity index (χ3v) is 5.55. The van der Waals surface area contributed by atoms with Gasteiger partial charge in [0, 0.05) is 57.2 Å². The molecular formula is C21H23FN8O2. The summed E-state index contributed by atoms with van der Waals surface area (Å²) in [6, 6.07) is 5.79. The Hall–Kier alpha value is -3.60. The molecule has 4 heterocycles. The standard InChI is InChI=1S/C21H23FN8O2/c22-17-3-1-2-16(14-17)18(31)27-6-8-28(9-7-27)19-24-20(29-10-12-32-13-11-29)26-21(25-19)30-5-4-23-15-30/h1-5,14-15H,6-13H2. The van der Waals surface area contributed by atoms with Gasteiger partial charge in [-0.3, -0.25) is 9.36 Å². The third-order valence-electron chi connectivity index (χ3n) is 5.55. The molecule has 166 valence electrons. The maximum absolute atomic E-state index is 13.5. The van der Waals surface area contributed by atoms with Crippen molar-refractivity contribution in [1.29, 1.82) is 0 Å². The fourth-order valence-corrected chi connectivity index (χ4v) is 3.80. The van der Waals surface area contributed by atoms with Gasteiger partial charge in [-0.1, -0.05) is 6.07 Å². The van der Waals surface area contributed by atoms with Crippen molar-refractivity contribution in [3.63, 3.8) is 0 Å². The lowest BCUT2D eigenvalue weighted by molar-refractivity contribution is 0.0745. The molecule has 0 spiro atoms. The van der Waals surface area contributed by atoms with Crippen LogP contribution in [0.5, 0.6) is 0 Å². The number of carbonyl (C=O) groups excluding carboxylic acids is 1. The molecule has 0 radical (unpaired) electrons. The first-order valence-electron chi connectivity index (χ1n) is 10.5. The number of halogens is 1. The van der Waals surface area contributed by atoms with Crippen LogP contribution in [0.4, 0.5) is 16.3 Å². The highest BCUT2D eigenvalue weighted by atomic mass is 19.1. The molecule has 0 atom stereocenters. The molecule has 2 aromatic heterocycles. The van der Waals surface area contributed by atoms with Crippen molar-refractivity contribution >= 4 is 17.8 Å². The molecule has 0 saturated carbocycles. The molecule has 0 aliphatic carbocycles. The predicted octanol–water partition coefficient (Wildman–Crippen LogP) is 0.995. The zero-order valence-corrected chi connectivity index (χ0v) is 17.5. The number of hydrogen-bond acceptors (Lipinski definition) is 8. The van der Waals surface area contributed by atoms with E-state index >= 15 is 0 Å². The summed E-state index contributed by atoms with van der Waals surface area (Å²) in [6.07, 6.45) is 5.12. The van der Waals surface area contributed by atoms with E-state index in [-0.39, 0.29) is 5.91 Å². The van der Waals surface area contributed by atoms with Gasteiger partial charge in [0.25, 0.3) is 5.91 Å². The number of hydrogen-bond donors (Lipinski definition) is 0. The Bertz CT molecular complexity index is 1080. The van der Waals surface area contributed by atoms with Crippen LogP contribution in [0.25, 0.3) is 5.95 Å². The van der Waals surface area contributed by atoms with E-state index in [1.54, 1.807) is 40.3 Å². The normalized spacial score (nSPS) is 17.0. The summed E-state index contributed by atoms with van der Waals surface area (Å²) in [5, 5.41) is 0. The molecular weight excluding hydrogens is 415 g/mol. The average molecular weight is 438 g/mol. The molecule has 0 N–H and O–H groups in total. The summed E-state index contributed by atoms with van der Waals surface area (Å²) in [6.45, 7) is 4.80. The lowest BCUT2D eigenvalue weighted by atomic mass is 10.2. The number of nitrogens with zero attached hydrogens (tertiary/aromatic N) is 8. The summed E-state index contributed by atoms with van der Waals surface area (Å²) in [4.78, 5) is 36.7. The molecule has 5 rings (SSSR count). The molecule has 0 bridgehead atoms. The monoisotopic (exact) mass is 438 g/mol. The average Bonchev–Trinajstić information content (AvgIpc) is 3.39. The first-order chi connectivity index (χ1) is 15.7. The zero-order chi connectivity index (χ0) is 21.9. The number of morpholine rings is 1. The van der Waals surface area contributed by atoms with Crippen molar-refractivity contribution in [2.45, 2.75) is 0 Å². The van der Waals surface area contributed by atoms with Gasteiger partial charge < -0.3 is 19.4 Å². The number of ether oxygens (including phenoxy) is 1. The van der Waals surface area contributed by atoms with E-state index in [4.69, 9.17) is 9.72 Å². The maximum Gasteiger partial charge on any atom is 0.254 e. The smallest absolute Gasteiger partial charge is 0.254 e. The fourth-order valence-electron chi connectivity index (χ4n) is 3.80. The van der Waals surface area contributed by atoms with Crippen molar-refractivity contribution in [3.05, 3.63) is 54.4 Å². The van der Waals surface area contributed by atoms with Gasteiger partial charge in [0.1, 0.15) is 12.1 Å². The second kappa shape index (κ2) is 8.87. The number of imidazole rings is 1. The van der Waals surface area contributed by atoms with Crippen LogP contribution in [0, 0.1) is 5.82 Å². The van der Waals surface area contributed by atoms with Crippen LogP contribution >= 0.6 is 0 Å². The lowest BCUT2D eigenvalue weighted by Crippen LogP contribution is -2.49. The van der Waals surface area contributed by atoms with Crippen LogP contribution in [-0.2, 0) is 4.74 Å². The Balaban J connectivity index is 1.35. The molecule has 0 unspecified atom stereocenters. The summed E-state index contributed by atoms with van der Waals surface area (Å²) in [7, 11) is 0. The van der Waals surface area contributed by atoms with Gasteiger partial charge in [-0.15, -0.1) is 0 Å². The summed E-state index contributed by atoms with van der Waals surface area (Å²) in [5.74, 6) is 1.06. The number of amides is 1. The van der Waals surface area contributed by atoms with Crippen molar-refractivity contribution in [2.75, 3.05) is 62.3 Å². The molecule has 2 saturated heterocycles. The van der Waals surface area contributed by atoms with E-state index < -0.39 is 5.82 Å². The van der Waals surface area contributed by atoms with Crippen LogP contribution < -0.4 is 9.80 Å². The second-order valence-electron chi connectivity index (χ2n) is 7.59. The molecule has 1 aromatic carbocycles. The molecule has 11 heteroatoms. The Morgan fingerprint density at radius 3 is 2.25 bits per heavy atom. The van der Waals surface area contributed by atoms with Gasteiger partial charge in [0.05, 0.1) is 13.2 Å². The van der Waals surface area contributed by atoms with E-state index in [0.717, 1.165) is 0 Å². The Morgan fingerprint density at radius 1 is 0.906 bits per heavy atom. The van der Waals surface area contributed by atoms with Gasteiger partial charge in [0.2, 0.25) is 17.8 Å². The molecule has 1 amide bonds. The van der Waals surface area contributed by atoms with Gasteiger partial charge in [0.15, 0.2) is 0 Å². The van der Waals surface area contributed by atoms with Gasteiger partial charge in [-0.2, -0.15) is 15.0 Å². The quantitative estimate of drug-likeness (QED) is 0.596. The highest BCUT2D eigenvalue weighted by molar-refractivity contribution is 5.94. The Kier molecular flexibility index (Phi) is 5.63. The van der Waals surface area contributed by atoms with Gasteiger partial charge in [-0.25, -0.2) is 9.37 Å². The topological polar surface area (TPSA) is 92.5 Å². The fraction of sp³-hybridized carbons (Fsp3) is 0.381. The van der Waals surface area contributed by atoms with E-state index in [2.05, 4.69) is 19.9 Å². The first kappa shape index (κ1) is 20.3. The van der Waals surface area contributed by atoms with Crippen molar-refractivity contribution in [3.8, 4) is 5.95 Å². The summed E-state index contributed by atoms with van der Waals surface area (Å²) >= 11 is 0. The van der Waals surface area contributed by atoms with Gasteiger partial charge in [-0.05, 0) is 18.2 Å². The third kappa shape index (κ3) is 4.24. The number of piperazine rings is 1. The van der Waals surface area contributed by atoms with Crippen LogP contribution in [0.1, 0.15) is 10.4 Å². The van der Waals surface area contributed by atoms with Gasteiger partial charge >= 0.3 is 0 Å². The largest absolute Gasteiger partial charge is 0.378 e. The highest BCUT2D eigenvalue weighted by Gasteiger charge is 2.26.